The number of hydroxylamine groups is 2. The van der Waals surface area contributed by atoms with Gasteiger partial charge < -0.3 is 16.7 Å². The molecule has 5 N–H and O–H groups in total. The van der Waals surface area contributed by atoms with Crippen LogP contribution in [0.25, 0.3) is 0 Å². The highest BCUT2D eigenvalue weighted by Crippen LogP contribution is 1.96. The molecule has 0 aromatic carbocycles. The number of hydrogen-bond donors (Lipinski definition) is 3. The van der Waals surface area contributed by atoms with E-state index >= 15 is 0 Å². The van der Waals surface area contributed by atoms with Crippen LogP contribution in [0.3, 0.4) is 0 Å². The number of alkyl halides is 1. The van der Waals surface area contributed by atoms with Crippen LogP contribution in [-0.2, 0) is 0 Å². The second kappa shape index (κ2) is 4.96. The minimum atomic E-state index is -0.520. The highest BCUT2D eigenvalue weighted by molar-refractivity contribution is 6.20. The molecule has 0 aromatic heterocycles. The fourth-order valence-corrected chi connectivity index (χ4v) is 0.492. The first-order valence-corrected chi connectivity index (χ1v) is 3.15. The van der Waals surface area contributed by atoms with Crippen molar-refractivity contribution in [2.24, 2.45) is 11.5 Å². The molecule has 0 saturated carbocycles. The van der Waals surface area contributed by atoms with Crippen LogP contribution >= 0.6 is 11.6 Å². The van der Waals surface area contributed by atoms with E-state index in [2.05, 4.69) is 0 Å². The summed E-state index contributed by atoms with van der Waals surface area (Å²) in [5, 5.41) is 9.78. The molecule has 4 nitrogen and oxygen atoms in total. The van der Waals surface area contributed by atoms with Gasteiger partial charge in [0.2, 0.25) is 0 Å². The predicted octanol–water partition coefficient (Wildman–Crippen LogP) is -0.840. The number of nitrogens with two attached hydrogens (primary N) is 2. The van der Waals surface area contributed by atoms with E-state index in [0.717, 1.165) is 5.06 Å². The molecule has 9 heavy (non-hydrogen) atoms. The van der Waals surface area contributed by atoms with Crippen molar-refractivity contribution >= 4 is 11.6 Å². The largest absolute Gasteiger partial charge is 0.329 e. The Morgan fingerprint density at radius 1 is 1.56 bits per heavy atom. The third-order valence-electron chi connectivity index (χ3n) is 0.876. The Morgan fingerprint density at radius 3 is 2.44 bits per heavy atom. The third kappa shape index (κ3) is 3.66. The van der Waals surface area contributed by atoms with Crippen LogP contribution in [0.5, 0.6) is 0 Å². The zero-order valence-corrected chi connectivity index (χ0v) is 5.88. The molecular formula is C4H12ClN3O. The second-order valence-electron chi connectivity index (χ2n) is 1.62. The van der Waals surface area contributed by atoms with Gasteiger partial charge in [-0.1, -0.05) is 0 Å². The molecule has 1 atom stereocenters. The van der Waals surface area contributed by atoms with Crippen LogP contribution in [0.15, 0.2) is 0 Å². The molecule has 0 aliphatic carbocycles. The van der Waals surface area contributed by atoms with Crippen molar-refractivity contribution in [1.29, 1.82) is 0 Å². The van der Waals surface area contributed by atoms with Gasteiger partial charge in [0.15, 0.2) is 0 Å². The van der Waals surface area contributed by atoms with Gasteiger partial charge in [-0.05, 0) is 0 Å². The summed E-state index contributed by atoms with van der Waals surface area (Å²) in [6.07, 6.45) is 0. The summed E-state index contributed by atoms with van der Waals surface area (Å²) in [7, 11) is 0. The number of rotatable bonds is 4. The Hall–Kier alpha value is 0.130. The highest BCUT2D eigenvalue weighted by atomic mass is 35.5. The Balaban J connectivity index is 3.32. The maximum absolute atomic E-state index is 8.86. The minimum Gasteiger partial charge on any atom is -0.329 e. The topological polar surface area (TPSA) is 75.5 Å². The van der Waals surface area contributed by atoms with Crippen LogP contribution < -0.4 is 11.5 Å². The molecule has 0 amide bonds. The monoisotopic (exact) mass is 153 g/mol. The van der Waals surface area contributed by atoms with Crippen molar-refractivity contribution in [1.82, 2.24) is 5.06 Å². The van der Waals surface area contributed by atoms with E-state index in [1.54, 1.807) is 0 Å². The zero-order chi connectivity index (χ0) is 7.28. The average Bonchev–Trinajstić information content (AvgIpc) is 1.87. The minimum absolute atomic E-state index is 0.220. The maximum atomic E-state index is 8.86. The second-order valence-corrected chi connectivity index (χ2v) is 2.13. The Labute approximate surface area is 59.3 Å². The molecule has 56 valence electrons. The first kappa shape index (κ1) is 9.13. The average molecular weight is 154 g/mol. The molecule has 0 aliphatic heterocycles. The molecular weight excluding hydrogens is 142 g/mol. The van der Waals surface area contributed by atoms with Crippen molar-refractivity contribution in [3.05, 3.63) is 0 Å². The van der Waals surface area contributed by atoms with Gasteiger partial charge in [-0.15, -0.1) is 11.6 Å². The highest BCUT2D eigenvalue weighted by Gasteiger charge is 2.08. The molecule has 0 spiro atoms. The van der Waals surface area contributed by atoms with Gasteiger partial charge in [0.05, 0.1) is 0 Å². The van der Waals surface area contributed by atoms with Crippen LogP contribution in [0.1, 0.15) is 0 Å². The standard InChI is InChI=1S/C4H12ClN3O/c5-4(3-7)8(9)2-1-6/h4,9H,1-3,6-7H2. The summed E-state index contributed by atoms with van der Waals surface area (Å²) < 4.78 is 0. The molecule has 0 bridgehead atoms. The quantitative estimate of drug-likeness (QED) is 0.280. The Kier molecular flexibility index (Phi) is 5.03. The van der Waals surface area contributed by atoms with Crippen LogP contribution in [0.4, 0.5) is 0 Å². The maximum Gasteiger partial charge on any atom is 0.121 e. The normalized spacial score (nSPS) is 14.3. The summed E-state index contributed by atoms with van der Waals surface area (Å²) in [4.78, 5) is 0. The molecule has 0 radical (unpaired) electrons. The molecule has 1 unspecified atom stereocenters. The molecule has 0 saturated heterocycles. The lowest BCUT2D eigenvalue weighted by molar-refractivity contribution is -0.0981. The van der Waals surface area contributed by atoms with Crippen molar-refractivity contribution in [2.45, 2.75) is 5.50 Å². The SMILES string of the molecule is NCCN(O)C(Cl)CN. The van der Waals surface area contributed by atoms with Crippen molar-refractivity contribution in [2.75, 3.05) is 19.6 Å². The van der Waals surface area contributed by atoms with E-state index in [0.29, 0.717) is 13.1 Å². The van der Waals surface area contributed by atoms with Gasteiger partial charge in [-0.2, -0.15) is 5.06 Å². The van der Waals surface area contributed by atoms with Gasteiger partial charge in [0.25, 0.3) is 0 Å². The van der Waals surface area contributed by atoms with Gasteiger partial charge in [0, 0.05) is 19.6 Å². The number of halogens is 1. The summed E-state index contributed by atoms with van der Waals surface area (Å²) in [6, 6.07) is 0. The van der Waals surface area contributed by atoms with Crippen molar-refractivity contribution < 1.29 is 5.21 Å². The molecule has 0 heterocycles. The lowest BCUT2D eigenvalue weighted by Crippen LogP contribution is -2.37. The third-order valence-corrected chi connectivity index (χ3v) is 1.28. The van der Waals surface area contributed by atoms with Crippen LogP contribution in [0.2, 0.25) is 0 Å². The summed E-state index contributed by atoms with van der Waals surface area (Å²) in [5.74, 6) is 0. The Morgan fingerprint density at radius 2 is 2.11 bits per heavy atom. The van der Waals surface area contributed by atoms with E-state index in [1.807, 2.05) is 0 Å². The van der Waals surface area contributed by atoms with Gasteiger partial charge >= 0.3 is 0 Å². The van der Waals surface area contributed by atoms with E-state index in [1.165, 1.54) is 0 Å². The zero-order valence-electron chi connectivity index (χ0n) is 5.13. The van der Waals surface area contributed by atoms with Gasteiger partial charge in [-0.25, -0.2) is 0 Å². The van der Waals surface area contributed by atoms with Gasteiger partial charge in [0.1, 0.15) is 5.50 Å². The van der Waals surface area contributed by atoms with Gasteiger partial charge in [-0.3, -0.25) is 0 Å². The summed E-state index contributed by atoms with van der Waals surface area (Å²) in [6.45, 7) is 0.948. The predicted molar refractivity (Wildman–Crippen MR) is 36.2 cm³/mol. The summed E-state index contributed by atoms with van der Waals surface area (Å²) in [5.41, 5.74) is 9.73. The molecule has 0 aliphatic rings. The van der Waals surface area contributed by atoms with Crippen LogP contribution in [-0.4, -0.2) is 35.4 Å². The Bertz CT molecular complexity index is 72.8. The van der Waals surface area contributed by atoms with E-state index in [-0.39, 0.29) is 6.54 Å². The fraction of sp³-hybridized carbons (Fsp3) is 1.00. The fourth-order valence-electron chi connectivity index (χ4n) is 0.394. The lowest BCUT2D eigenvalue weighted by atomic mass is 10.5. The van der Waals surface area contributed by atoms with E-state index in [9.17, 15) is 0 Å². The molecule has 0 aromatic rings. The van der Waals surface area contributed by atoms with Crippen molar-refractivity contribution in [3.8, 4) is 0 Å². The first-order chi connectivity index (χ1) is 4.22. The molecule has 0 fully saturated rings. The number of hydrogen-bond acceptors (Lipinski definition) is 4. The van der Waals surface area contributed by atoms with E-state index in [4.69, 9.17) is 28.3 Å². The molecule has 5 heteroatoms. The van der Waals surface area contributed by atoms with Crippen LogP contribution in [0, 0.1) is 0 Å². The number of nitrogens with zero attached hydrogens (tertiary/aromatic N) is 1. The smallest absolute Gasteiger partial charge is 0.121 e. The first-order valence-electron chi connectivity index (χ1n) is 2.72. The van der Waals surface area contributed by atoms with Crippen molar-refractivity contribution in [3.63, 3.8) is 0 Å². The molecule has 0 rings (SSSR count). The lowest BCUT2D eigenvalue weighted by Gasteiger charge is -2.17. The summed E-state index contributed by atoms with van der Waals surface area (Å²) >= 11 is 5.49. The van der Waals surface area contributed by atoms with E-state index < -0.39 is 5.50 Å².